The average Bonchev–Trinajstić information content (AvgIpc) is 3.33. The molecule has 3 aromatic carbocycles. The van der Waals surface area contributed by atoms with Crippen LogP contribution in [0.1, 0.15) is 22.4 Å². The molecule has 0 N–H and O–H groups in total. The van der Waals surface area contributed by atoms with Gasteiger partial charge < -0.3 is 4.90 Å². The summed E-state index contributed by atoms with van der Waals surface area (Å²) in [7, 11) is 0. The maximum atomic E-state index is 13.7. The minimum atomic E-state index is -0.483. The van der Waals surface area contributed by atoms with Crippen LogP contribution in [0.4, 0.5) is 5.69 Å². The molecule has 176 valence electrons. The summed E-state index contributed by atoms with van der Waals surface area (Å²) in [5, 5.41) is 4.34. The smallest absolute Gasteiger partial charge is 0.296 e. The van der Waals surface area contributed by atoms with Gasteiger partial charge in [-0.15, -0.1) is 0 Å². The molecular weight excluding hydrogens is 540 g/mol. The van der Waals surface area contributed by atoms with E-state index in [-0.39, 0.29) is 27.5 Å². The van der Waals surface area contributed by atoms with E-state index in [9.17, 15) is 14.4 Å². The van der Waals surface area contributed by atoms with E-state index in [1.54, 1.807) is 4.90 Å². The molecule has 0 saturated carbocycles. The monoisotopic (exact) mass is 556 g/mol. The molecule has 0 radical (unpaired) electrons. The third kappa shape index (κ3) is 3.86. The molecule has 5 aromatic rings. The number of aromatic nitrogens is 3. The first-order chi connectivity index (χ1) is 17.5. The molecule has 36 heavy (non-hydrogen) atoms. The van der Waals surface area contributed by atoms with E-state index in [0.717, 1.165) is 37.1 Å². The Labute approximate surface area is 217 Å². The third-order valence-electron chi connectivity index (χ3n) is 6.03. The van der Waals surface area contributed by atoms with Crippen molar-refractivity contribution in [2.24, 2.45) is 0 Å². The highest BCUT2D eigenvalue weighted by atomic mass is 79.9. The Morgan fingerprint density at radius 3 is 2.28 bits per heavy atom. The number of fused-ring (bicyclic) bond motifs is 2. The van der Waals surface area contributed by atoms with E-state index >= 15 is 0 Å². The fourth-order valence-electron chi connectivity index (χ4n) is 4.34. The highest BCUT2D eigenvalue weighted by molar-refractivity contribution is 9.10. The second-order valence-corrected chi connectivity index (χ2v) is 10.3. The Balaban J connectivity index is 1.53. The van der Waals surface area contributed by atoms with Crippen molar-refractivity contribution in [3.8, 4) is 0 Å². The van der Waals surface area contributed by atoms with Gasteiger partial charge in [0, 0.05) is 16.5 Å². The van der Waals surface area contributed by atoms with Gasteiger partial charge in [0.15, 0.2) is 0 Å². The SMILES string of the molecule is O=C1/C(=c2\sc3nc(=O)c(Cc4ccccc4)nn3c2=O)c2cc(Br)ccc2N1Cc1ccccc1. The second kappa shape index (κ2) is 8.92. The first kappa shape index (κ1) is 22.5. The van der Waals surface area contributed by atoms with Crippen molar-refractivity contribution in [1.82, 2.24) is 14.6 Å². The van der Waals surface area contributed by atoms with E-state index in [1.165, 1.54) is 0 Å². The Morgan fingerprint density at radius 1 is 0.861 bits per heavy atom. The van der Waals surface area contributed by atoms with Crippen LogP contribution in [-0.4, -0.2) is 20.5 Å². The summed E-state index contributed by atoms with van der Waals surface area (Å²) < 4.78 is 2.14. The molecule has 9 heteroatoms. The van der Waals surface area contributed by atoms with Crippen LogP contribution in [0.25, 0.3) is 10.5 Å². The van der Waals surface area contributed by atoms with Crippen molar-refractivity contribution >= 4 is 49.4 Å². The number of benzene rings is 3. The number of thiazole rings is 1. The van der Waals surface area contributed by atoms with Gasteiger partial charge in [-0.25, -0.2) is 0 Å². The normalized spacial score (nSPS) is 14.5. The minimum absolute atomic E-state index is 0.162. The average molecular weight is 557 g/mol. The zero-order valence-electron chi connectivity index (χ0n) is 18.7. The van der Waals surface area contributed by atoms with Gasteiger partial charge in [-0.1, -0.05) is 87.9 Å². The first-order valence-corrected chi connectivity index (χ1v) is 12.8. The predicted molar refractivity (Wildman–Crippen MR) is 142 cm³/mol. The molecular formula is C27H17BrN4O3S. The molecule has 0 unspecified atom stereocenters. The molecule has 0 fully saturated rings. The highest BCUT2D eigenvalue weighted by Gasteiger charge is 2.34. The van der Waals surface area contributed by atoms with Crippen molar-refractivity contribution in [1.29, 1.82) is 0 Å². The zero-order chi connectivity index (χ0) is 24.8. The number of anilines is 1. The van der Waals surface area contributed by atoms with Crippen molar-refractivity contribution in [3.05, 3.63) is 131 Å². The van der Waals surface area contributed by atoms with Gasteiger partial charge in [0.05, 0.1) is 17.8 Å². The topological polar surface area (TPSA) is 84.6 Å². The number of carbonyl (C=O) groups is 1. The highest BCUT2D eigenvalue weighted by Crippen LogP contribution is 2.38. The number of nitrogens with zero attached hydrogens (tertiary/aromatic N) is 4. The largest absolute Gasteiger partial charge is 0.303 e. The van der Waals surface area contributed by atoms with Gasteiger partial charge in [-0.3, -0.25) is 14.4 Å². The maximum absolute atomic E-state index is 13.7. The first-order valence-electron chi connectivity index (χ1n) is 11.2. The Morgan fingerprint density at radius 2 is 1.56 bits per heavy atom. The summed E-state index contributed by atoms with van der Waals surface area (Å²) in [6.07, 6.45) is 0.260. The molecule has 2 aromatic heterocycles. The summed E-state index contributed by atoms with van der Waals surface area (Å²) >= 11 is 4.50. The molecule has 0 saturated heterocycles. The van der Waals surface area contributed by atoms with Crippen LogP contribution in [-0.2, 0) is 17.8 Å². The molecule has 0 bridgehead atoms. The second-order valence-electron chi connectivity index (χ2n) is 8.37. The fourth-order valence-corrected chi connectivity index (χ4v) is 5.69. The Kier molecular flexibility index (Phi) is 5.58. The predicted octanol–water partition coefficient (Wildman–Crippen LogP) is 3.33. The lowest BCUT2D eigenvalue weighted by molar-refractivity contribution is -0.113. The van der Waals surface area contributed by atoms with Crippen LogP contribution in [0.15, 0.2) is 92.9 Å². The fraction of sp³-hybridized carbons (Fsp3) is 0.0741. The van der Waals surface area contributed by atoms with Crippen molar-refractivity contribution < 1.29 is 4.79 Å². The van der Waals surface area contributed by atoms with E-state index in [1.807, 2.05) is 78.9 Å². The van der Waals surface area contributed by atoms with Crippen molar-refractivity contribution in [2.45, 2.75) is 13.0 Å². The molecule has 3 heterocycles. The van der Waals surface area contributed by atoms with Crippen LogP contribution in [0.3, 0.4) is 0 Å². The number of rotatable bonds is 4. The standard InChI is InChI=1S/C27H17BrN4O3S/c28-18-11-12-21-19(14-18)22(25(34)31(21)15-17-9-5-2-6-10-17)23-26(35)32-27(36-23)29-24(33)20(30-32)13-16-7-3-1-4-8-16/h1-12,14H,13,15H2/b23-22-. The number of hydrogen-bond donors (Lipinski definition) is 0. The van der Waals surface area contributed by atoms with E-state index in [2.05, 4.69) is 26.0 Å². The van der Waals surface area contributed by atoms with Gasteiger partial charge >= 0.3 is 0 Å². The number of amides is 1. The van der Waals surface area contributed by atoms with Crippen LogP contribution < -0.4 is 20.6 Å². The quantitative estimate of drug-likeness (QED) is 0.339. The molecule has 0 spiro atoms. The number of hydrogen-bond acceptors (Lipinski definition) is 6. The lowest BCUT2D eigenvalue weighted by Gasteiger charge is -2.17. The lowest BCUT2D eigenvalue weighted by Crippen LogP contribution is -2.33. The summed E-state index contributed by atoms with van der Waals surface area (Å²) in [6, 6.07) is 24.7. The molecule has 7 nitrogen and oxygen atoms in total. The molecule has 1 aliphatic rings. The Bertz CT molecular complexity index is 1820. The zero-order valence-corrected chi connectivity index (χ0v) is 21.1. The van der Waals surface area contributed by atoms with Crippen LogP contribution in [0.5, 0.6) is 0 Å². The lowest BCUT2D eigenvalue weighted by atomic mass is 10.1. The van der Waals surface area contributed by atoms with Gasteiger partial charge in [0.25, 0.3) is 17.0 Å². The van der Waals surface area contributed by atoms with E-state index in [0.29, 0.717) is 17.7 Å². The maximum Gasteiger partial charge on any atom is 0.296 e. The van der Waals surface area contributed by atoms with E-state index < -0.39 is 11.1 Å². The summed E-state index contributed by atoms with van der Waals surface area (Å²) in [4.78, 5) is 45.8. The summed E-state index contributed by atoms with van der Waals surface area (Å²) in [6.45, 7) is 0.368. The van der Waals surface area contributed by atoms with Crippen molar-refractivity contribution in [2.75, 3.05) is 4.90 Å². The van der Waals surface area contributed by atoms with Crippen molar-refractivity contribution in [3.63, 3.8) is 0 Å². The van der Waals surface area contributed by atoms with Crippen LogP contribution in [0.2, 0.25) is 0 Å². The van der Waals surface area contributed by atoms with Crippen LogP contribution >= 0.6 is 27.3 Å². The summed E-state index contributed by atoms with van der Waals surface area (Å²) in [5.41, 5.74) is 2.76. The summed E-state index contributed by atoms with van der Waals surface area (Å²) in [5.74, 6) is -0.275. The molecule has 0 atom stereocenters. The molecule has 1 amide bonds. The van der Waals surface area contributed by atoms with Gasteiger partial charge in [0.2, 0.25) is 4.96 Å². The van der Waals surface area contributed by atoms with E-state index in [4.69, 9.17) is 0 Å². The third-order valence-corrected chi connectivity index (χ3v) is 7.55. The van der Waals surface area contributed by atoms with Gasteiger partial charge in [-0.05, 0) is 29.3 Å². The van der Waals surface area contributed by atoms with Gasteiger partial charge in [-0.2, -0.15) is 14.6 Å². The van der Waals surface area contributed by atoms with Crippen LogP contribution in [0, 0.1) is 0 Å². The number of halogens is 1. The molecule has 0 aliphatic carbocycles. The molecule has 1 aliphatic heterocycles. The molecule has 6 rings (SSSR count). The number of carbonyl (C=O) groups excluding carboxylic acids is 1. The van der Waals surface area contributed by atoms with Gasteiger partial charge in [0.1, 0.15) is 10.2 Å². The Hall–Kier alpha value is -3.95. The minimum Gasteiger partial charge on any atom is -0.303 e.